The number of thiophene rings is 1. The number of nitrogens with zero attached hydrogens (tertiary/aromatic N) is 3. The first-order valence-electron chi connectivity index (χ1n) is 11.7. The number of rotatable bonds is 5. The predicted molar refractivity (Wildman–Crippen MR) is 131 cm³/mol. The predicted octanol–water partition coefficient (Wildman–Crippen LogP) is 2.57. The summed E-state index contributed by atoms with van der Waals surface area (Å²) < 4.78 is 6.15. The number of aliphatic hydroxyl groups is 1. The van der Waals surface area contributed by atoms with Gasteiger partial charge in [0.1, 0.15) is 28.9 Å². The largest absolute Gasteiger partial charge is 0.492 e. The lowest BCUT2D eigenvalue weighted by Crippen LogP contribution is -2.51. The van der Waals surface area contributed by atoms with Crippen LogP contribution >= 0.6 is 11.3 Å². The molecule has 1 aromatic carbocycles. The number of fused-ring (bicyclic) bond motifs is 4. The molecule has 4 N–H and O–H groups in total. The van der Waals surface area contributed by atoms with E-state index in [2.05, 4.69) is 49.0 Å². The van der Waals surface area contributed by atoms with Crippen molar-refractivity contribution in [3.63, 3.8) is 0 Å². The molecule has 3 aliphatic heterocycles. The average molecular weight is 467 g/mol. The van der Waals surface area contributed by atoms with Crippen LogP contribution in [0.1, 0.15) is 35.2 Å². The molecule has 33 heavy (non-hydrogen) atoms. The van der Waals surface area contributed by atoms with Gasteiger partial charge in [-0.2, -0.15) is 0 Å². The van der Waals surface area contributed by atoms with Crippen molar-refractivity contribution in [1.29, 1.82) is 0 Å². The maximum absolute atomic E-state index is 11.0. The van der Waals surface area contributed by atoms with E-state index in [0.29, 0.717) is 18.7 Å². The minimum atomic E-state index is -0.820. The number of anilines is 2. The Morgan fingerprint density at radius 3 is 2.88 bits per heavy atom. The average Bonchev–Trinajstić information content (AvgIpc) is 3.36. The molecule has 0 aliphatic carbocycles. The van der Waals surface area contributed by atoms with Crippen LogP contribution < -0.4 is 25.6 Å². The number of hydrogen-bond donors (Lipinski definition) is 4. The molecule has 2 fully saturated rings. The lowest BCUT2D eigenvalue weighted by atomic mass is 10.0. The molecule has 4 atom stereocenters. The molecule has 8 nitrogen and oxygen atoms in total. The molecule has 0 amide bonds. The van der Waals surface area contributed by atoms with E-state index >= 15 is 0 Å². The second-order valence-electron chi connectivity index (χ2n) is 9.37. The molecule has 0 radical (unpaired) electrons. The van der Waals surface area contributed by atoms with Gasteiger partial charge in [0.25, 0.3) is 0 Å². The van der Waals surface area contributed by atoms with Crippen LogP contribution in [0.25, 0.3) is 10.3 Å². The van der Waals surface area contributed by atoms with Crippen LogP contribution in [0.5, 0.6) is 5.75 Å². The Labute approximate surface area is 197 Å². The standard InChI is InChI=1S/C24H30N6O2S/c1-13-9-26-21-20(25-2)22(33-24(21)27-13)23(31)29-17-7-14-3-6-18(8-19(14)32-12-17)30-10-15-4-5-16(11-30)28-15/h3,6,8-9,15-17,23,25,28-29,31H,4-5,7,10-12H2,1-2H3/t15?,16?,17-,23?/m0/s1. The highest BCUT2D eigenvalue weighted by Crippen LogP contribution is 2.37. The summed E-state index contributed by atoms with van der Waals surface area (Å²) in [6, 6.07) is 7.84. The van der Waals surface area contributed by atoms with Gasteiger partial charge in [-0.15, -0.1) is 11.3 Å². The van der Waals surface area contributed by atoms with E-state index in [1.54, 1.807) is 6.20 Å². The summed E-state index contributed by atoms with van der Waals surface area (Å²) in [4.78, 5) is 13.2. The van der Waals surface area contributed by atoms with Crippen molar-refractivity contribution < 1.29 is 9.84 Å². The molecule has 2 saturated heterocycles. The molecule has 174 valence electrons. The number of aryl methyl sites for hydroxylation is 1. The van der Waals surface area contributed by atoms with Gasteiger partial charge in [-0.3, -0.25) is 5.32 Å². The zero-order chi connectivity index (χ0) is 22.5. The van der Waals surface area contributed by atoms with Crippen molar-refractivity contribution in [2.45, 2.75) is 50.5 Å². The third-order valence-corrected chi connectivity index (χ3v) is 8.11. The normalized spacial score (nSPS) is 25.1. The first kappa shape index (κ1) is 21.1. The van der Waals surface area contributed by atoms with E-state index < -0.39 is 6.23 Å². The maximum Gasteiger partial charge on any atom is 0.144 e. The number of hydrogen-bond acceptors (Lipinski definition) is 9. The SMILES string of the molecule is CNc1c(C(O)N[C@@H]2COc3cc(N4CC5CCC(C4)N5)ccc3C2)sc2nc(C)cnc12. The summed E-state index contributed by atoms with van der Waals surface area (Å²) in [6.45, 7) is 4.58. The number of nitrogens with one attached hydrogen (secondary N) is 3. The van der Waals surface area contributed by atoms with Gasteiger partial charge < -0.3 is 25.4 Å². The first-order chi connectivity index (χ1) is 16.1. The molecule has 6 rings (SSSR count). The highest BCUT2D eigenvalue weighted by atomic mass is 32.1. The molecule has 3 unspecified atom stereocenters. The van der Waals surface area contributed by atoms with Crippen molar-refractivity contribution in [2.24, 2.45) is 0 Å². The van der Waals surface area contributed by atoms with E-state index in [1.165, 1.54) is 35.4 Å². The summed E-state index contributed by atoms with van der Waals surface area (Å²) in [6.07, 6.45) is 4.30. The van der Waals surface area contributed by atoms with Crippen LogP contribution in [0.4, 0.5) is 11.4 Å². The third kappa shape index (κ3) is 3.93. The molecule has 9 heteroatoms. The zero-order valence-electron chi connectivity index (χ0n) is 19.0. The van der Waals surface area contributed by atoms with Crippen molar-refractivity contribution in [3.05, 3.63) is 40.5 Å². The van der Waals surface area contributed by atoms with Gasteiger partial charge in [-0.25, -0.2) is 9.97 Å². The topological polar surface area (TPSA) is 94.6 Å². The number of benzene rings is 1. The summed E-state index contributed by atoms with van der Waals surface area (Å²) >= 11 is 1.47. The van der Waals surface area contributed by atoms with Crippen molar-refractivity contribution in [3.8, 4) is 5.75 Å². The van der Waals surface area contributed by atoms with Crippen LogP contribution in [0, 0.1) is 6.92 Å². The zero-order valence-corrected chi connectivity index (χ0v) is 19.8. The Kier molecular flexibility index (Phi) is 5.37. The summed E-state index contributed by atoms with van der Waals surface area (Å²) in [5.41, 5.74) is 4.91. The number of piperazine rings is 1. The van der Waals surface area contributed by atoms with Gasteiger partial charge >= 0.3 is 0 Å². The highest BCUT2D eigenvalue weighted by Gasteiger charge is 2.33. The quantitative estimate of drug-likeness (QED) is 0.426. The van der Waals surface area contributed by atoms with Crippen LogP contribution in [0.2, 0.25) is 0 Å². The Bertz CT molecular complexity index is 1170. The fourth-order valence-corrected chi connectivity index (χ4v) is 6.51. The van der Waals surface area contributed by atoms with Crippen LogP contribution in [0.3, 0.4) is 0 Å². The molecular weight excluding hydrogens is 436 g/mol. The van der Waals surface area contributed by atoms with E-state index in [9.17, 15) is 5.11 Å². The van der Waals surface area contributed by atoms with Crippen LogP contribution in [-0.2, 0) is 6.42 Å². The van der Waals surface area contributed by atoms with Gasteiger partial charge in [0.05, 0.1) is 16.3 Å². The second-order valence-corrected chi connectivity index (χ2v) is 10.4. The molecular formula is C24H30N6O2S. The first-order valence-corrected chi connectivity index (χ1v) is 12.5. The van der Waals surface area contributed by atoms with E-state index in [-0.39, 0.29) is 6.04 Å². The highest BCUT2D eigenvalue weighted by molar-refractivity contribution is 7.19. The van der Waals surface area contributed by atoms with E-state index in [4.69, 9.17) is 4.74 Å². The van der Waals surface area contributed by atoms with Gasteiger partial charge in [-0.1, -0.05) is 6.07 Å². The minimum Gasteiger partial charge on any atom is -0.492 e. The molecule has 5 heterocycles. The monoisotopic (exact) mass is 466 g/mol. The molecule has 2 aromatic heterocycles. The Morgan fingerprint density at radius 1 is 1.27 bits per heavy atom. The fraction of sp³-hybridized carbons (Fsp3) is 0.500. The Morgan fingerprint density at radius 2 is 2.09 bits per heavy atom. The maximum atomic E-state index is 11.0. The third-order valence-electron chi connectivity index (χ3n) is 6.98. The van der Waals surface area contributed by atoms with Gasteiger partial charge in [0.15, 0.2) is 0 Å². The number of aromatic nitrogens is 2. The minimum absolute atomic E-state index is 0.0194. The fourth-order valence-electron chi connectivity index (χ4n) is 5.38. The Hall–Kier alpha value is -2.46. The van der Waals surface area contributed by atoms with Crippen molar-refractivity contribution in [1.82, 2.24) is 20.6 Å². The van der Waals surface area contributed by atoms with E-state index in [0.717, 1.165) is 51.9 Å². The van der Waals surface area contributed by atoms with Crippen LogP contribution in [0.15, 0.2) is 24.4 Å². The summed E-state index contributed by atoms with van der Waals surface area (Å²) in [7, 11) is 1.85. The summed E-state index contributed by atoms with van der Waals surface area (Å²) in [5, 5.41) is 21.2. The lowest BCUT2D eigenvalue weighted by molar-refractivity contribution is 0.106. The molecule has 3 aliphatic rings. The Balaban J connectivity index is 1.16. The second kappa shape index (κ2) is 8.39. The van der Waals surface area contributed by atoms with Gasteiger partial charge in [-0.05, 0) is 37.8 Å². The summed E-state index contributed by atoms with van der Waals surface area (Å²) in [5.74, 6) is 0.965. The molecule has 0 spiro atoms. The van der Waals surface area contributed by atoms with Crippen LogP contribution in [-0.4, -0.2) is 59.9 Å². The van der Waals surface area contributed by atoms with Crippen molar-refractivity contribution >= 4 is 33.1 Å². The molecule has 0 saturated carbocycles. The molecule has 2 bridgehead atoms. The van der Waals surface area contributed by atoms with Crippen molar-refractivity contribution in [2.75, 3.05) is 37.0 Å². The lowest BCUT2D eigenvalue weighted by Gasteiger charge is -2.35. The van der Waals surface area contributed by atoms with Gasteiger partial charge in [0.2, 0.25) is 0 Å². The number of aliphatic hydroxyl groups excluding tert-OH is 1. The number of ether oxygens (including phenoxy) is 1. The van der Waals surface area contributed by atoms with Gasteiger partial charge in [0, 0.05) is 56.2 Å². The smallest absolute Gasteiger partial charge is 0.144 e. The van der Waals surface area contributed by atoms with E-state index in [1.807, 2.05) is 14.0 Å². The molecule has 3 aromatic rings.